The molecule has 4 aromatic rings. The number of para-hydroxylation sites is 1. The smallest absolute Gasteiger partial charge is 0.295 e. The van der Waals surface area contributed by atoms with Crippen LogP contribution in [0.2, 0.25) is 0 Å². The Bertz CT molecular complexity index is 1200. The van der Waals surface area contributed by atoms with Gasteiger partial charge >= 0.3 is 0 Å². The molecule has 1 N–H and O–H groups in total. The predicted octanol–water partition coefficient (Wildman–Crippen LogP) is 3.28. The highest BCUT2D eigenvalue weighted by molar-refractivity contribution is 6.12. The summed E-state index contributed by atoms with van der Waals surface area (Å²) in [5.74, 6) is -0.334. The van der Waals surface area contributed by atoms with Crippen LogP contribution < -0.4 is 10.9 Å². The molecule has 0 saturated carbocycles. The van der Waals surface area contributed by atoms with Crippen LogP contribution in [-0.2, 0) is 7.05 Å². The lowest BCUT2D eigenvalue weighted by Crippen LogP contribution is -2.23. The molecule has 0 unspecified atom stereocenters. The SMILES string of the molecule is Cc1c(NC(=O)c2cccc3ncccc23)c(=O)n(-c2ccccc2)n1C. The van der Waals surface area contributed by atoms with E-state index in [4.69, 9.17) is 0 Å². The number of pyridine rings is 1. The zero-order valence-corrected chi connectivity index (χ0v) is 15.0. The quantitative estimate of drug-likeness (QED) is 0.611. The molecule has 0 saturated heterocycles. The van der Waals surface area contributed by atoms with Crippen LogP contribution in [0.5, 0.6) is 0 Å². The Kier molecular flexibility index (Phi) is 4.08. The second-order valence-corrected chi connectivity index (χ2v) is 6.27. The Morgan fingerprint density at radius 2 is 1.78 bits per heavy atom. The number of amides is 1. The molecule has 0 bridgehead atoms. The summed E-state index contributed by atoms with van der Waals surface area (Å²) in [5.41, 5.74) is 2.63. The number of nitrogens with one attached hydrogen (secondary N) is 1. The molecule has 4 rings (SSSR count). The topological polar surface area (TPSA) is 68.9 Å². The highest BCUT2D eigenvalue weighted by atomic mass is 16.2. The van der Waals surface area contributed by atoms with Gasteiger partial charge in [-0.15, -0.1) is 0 Å². The van der Waals surface area contributed by atoms with E-state index in [-0.39, 0.29) is 17.2 Å². The van der Waals surface area contributed by atoms with Gasteiger partial charge in [0.25, 0.3) is 11.5 Å². The minimum atomic E-state index is -0.334. The van der Waals surface area contributed by atoms with Gasteiger partial charge < -0.3 is 5.32 Å². The van der Waals surface area contributed by atoms with Gasteiger partial charge in [0.15, 0.2) is 0 Å². The van der Waals surface area contributed by atoms with Gasteiger partial charge in [0, 0.05) is 24.2 Å². The van der Waals surface area contributed by atoms with Crippen molar-refractivity contribution >= 4 is 22.5 Å². The minimum Gasteiger partial charge on any atom is -0.316 e. The second-order valence-electron chi connectivity index (χ2n) is 6.27. The zero-order chi connectivity index (χ0) is 19.0. The molecule has 6 nitrogen and oxygen atoms in total. The number of fused-ring (bicyclic) bond motifs is 1. The molecule has 0 fully saturated rings. The third-order valence-electron chi connectivity index (χ3n) is 4.68. The summed E-state index contributed by atoms with van der Waals surface area (Å²) < 4.78 is 3.27. The van der Waals surface area contributed by atoms with E-state index in [1.165, 1.54) is 4.68 Å². The third-order valence-corrected chi connectivity index (χ3v) is 4.68. The number of nitrogens with zero attached hydrogens (tertiary/aromatic N) is 3. The average molecular weight is 358 g/mol. The van der Waals surface area contributed by atoms with E-state index >= 15 is 0 Å². The Labute approximate surface area is 155 Å². The van der Waals surface area contributed by atoms with E-state index in [9.17, 15) is 9.59 Å². The fourth-order valence-electron chi connectivity index (χ4n) is 3.19. The summed E-state index contributed by atoms with van der Waals surface area (Å²) in [6.45, 7) is 1.81. The molecule has 2 aromatic heterocycles. The Hall–Kier alpha value is -3.67. The summed E-state index contributed by atoms with van der Waals surface area (Å²) >= 11 is 0. The van der Waals surface area contributed by atoms with E-state index in [0.717, 1.165) is 16.6 Å². The van der Waals surface area contributed by atoms with Crippen LogP contribution in [0.4, 0.5) is 5.69 Å². The molecular formula is C21H18N4O2. The van der Waals surface area contributed by atoms with Crippen molar-refractivity contribution in [3.05, 3.63) is 88.5 Å². The molecule has 0 aliphatic rings. The maximum atomic E-state index is 13.0. The first-order chi connectivity index (χ1) is 13.1. The van der Waals surface area contributed by atoms with E-state index in [1.54, 1.807) is 43.0 Å². The molecule has 6 heteroatoms. The summed E-state index contributed by atoms with van der Waals surface area (Å²) in [6.07, 6.45) is 1.68. The maximum Gasteiger partial charge on any atom is 0.295 e. The van der Waals surface area contributed by atoms with Gasteiger partial charge in [-0.3, -0.25) is 19.3 Å². The van der Waals surface area contributed by atoms with Crippen LogP contribution >= 0.6 is 0 Å². The first-order valence-corrected chi connectivity index (χ1v) is 8.57. The van der Waals surface area contributed by atoms with E-state index in [0.29, 0.717) is 11.3 Å². The molecule has 134 valence electrons. The summed E-state index contributed by atoms with van der Waals surface area (Å²) in [6, 6.07) is 18.3. The molecule has 27 heavy (non-hydrogen) atoms. The van der Waals surface area contributed by atoms with Gasteiger partial charge in [0.1, 0.15) is 5.69 Å². The van der Waals surface area contributed by atoms with E-state index in [2.05, 4.69) is 10.3 Å². The summed E-state index contributed by atoms with van der Waals surface area (Å²) in [5, 5.41) is 3.54. The van der Waals surface area contributed by atoms with Crippen LogP contribution in [-0.4, -0.2) is 20.3 Å². The third kappa shape index (κ3) is 2.81. The maximum absolute atomic E-state index is 13.0. The largest absolute Gasteiger partial charge is 0.316 e. The number of aromatic nitrogens is 3. The first kappa shape index (κ1) is 16.8. The lowest BCUT2D eigenvalue weighted by atomic mass is 10.1. The molecule has 0 radical (unpaired) electrons. The Balaban J connectivity index is 1.77. The van der Waals surface area contributed by atoms with Gasteiger partial charge in [-0.05, 0) is 37.3 Å². The molecule has 1 amide bonds. The fraction of sp³-hybridized carbons (Fsp3) is 0.0952. The van der Waals surface area contributed by atoms with Crippen molar-refractivity contribution in [1.82, 2.24) is 14.3 Å². The average Bonchev–Trinajstić information content (AvgIpc) is 2.91. The normalized spacial score (nSPS) is 10.9. The van der Waals surface area contributed by atoms with Crippen molar-refractivity contribution in [3.63, 3.8) is 0 Å². The molecule has 0 spiro atoms. The fourth-order valence-corrected chi connectivity index (χ4v) is 3.19. The van der Waals surface area contributed by atoms with Crippen molar-refractivity contribution in [2.24, 2.45) is 7.05 Å². The lowest BCUT2D eigenvalue weighted by Gasteiger charge is -2.07. The predicted molar refractivity (Wildman–Crippen MR) is 105 cm³/mol. The van der Waals surface area contributed by atoms with Gasteiger partial charge in [0.2, 0.25) is 0 Å². The molecule has 0 aliphatic heterocycles. The molecule has 0 atom stereocenters. The van der Waals surface area contributed by atoms with Crippen molar-refractivity contribution in [1.29, 1.82) is 0 Å². The monoisotopic (exact) mass is 358 g/mol. The molecule has 0 aliphatic carbocycles. The van der Waals surface area contributed by atoms with Gasteiger partial charge in [0.05, 0.1) is 16.9 Å². The number of benzene rings is 2. The van der Waals surface area contributed by atoms with E-state index in [1.807, 2.05) is 42.5 Å². The van der Waals surface area contributed by atoms with Gasteiger partial charge in [-0.1, -0.05) is 30.3 Å². The van der Waals surface area contributed by atoms with Crippen molar-refractivity contribution < 1.29 is 4.79 Å². The summed E-state index contributed by atoms with van der Waals surface area (Å²) in [4.78, 5) is 30.1. The van der Waals surface area contributed by atoms with Crippen molar-refractivity contribution in [3.8, 4) is 5.69 Å². The Morgan fingerprint density at radius 3 is 2.56 bits per heavy atom. The van der Waals surface area contributed by atoms with Crippen LogP contribution in [0.25, 0.3) is 16.6 Å². The number of carbonyl (C=O) groups excluding carboxylic acids is 1. The number of anilines is 1. The summed E-state index contributed by atoms with van der Waals surface area (Å²) in [7, 11) is 1.79. The number of hydrogen-bond donors (Lipinski definition) is 1. The van der Waals surface area contributed by atoms with Gasteiger partial charge in [-0.2, -0.15) is 0 Å². The number of carbonyl (C=O) groups is 1. The highest BCUT2D eigenvalue weighted by Crippen LogP contribution is 2.19. The Morgan fingerprint density at radius 1 is 1.00 bits per heavy atom. The van der Waals surface area contributed by atoms with Crippen LogP contribution in [0, 0.1) is 6.92 Å². The van der Waals surface area contributed by atoms with Crippen LogP contribution in [0.15, 0.2) is 71.7 Å². The van der Waals surface area contributed by atoms with Gasteiger partial charge in [-0.25, -0.2) is 4.68 Å². The number of rotatable bonds is 3. The molecular weight excluding hydrogens is 340 g/mol. The van der Waals surface area contributed by atoms with Crippen molar-refractivity contribution in [2.45, 2.75) is 6.92 Å². The van der Waals surface area contributed by atoms with Crippen molar-refractivity contribution in [2.75, 3.05) is 5.32 Å². The lowest BCUT2D eigenvalue weighted by molar-refractivity contribution is 0.102. The molecule has 2 heterocycles. The minimum absolute atomic E-state index is 0.270. The zero-order valence-electron chi connectivity index (χ0n) is 15.0. The standard InChI is InChI=1S/C21H18N4O2/c1-14-19(21(27)25(24(14)2)15-8-4-3-5-9-15)23-20(26)17-10-6-12-18-16(17)11-7-13-22-18/h3-13H,1-2H3,(H,23,26). The highest BCUT2D eigenvalue weighted by Gasteiger charge is 2.19. The number of hydrogen-bond acceptors (Lipinski definition) is 3. The molecule has 2 aromatic carbocycles. The van der Waals surface area contributed by atoms with E-state index < -0.39 is 0 Å². The van der Waals surface area contributed by atoms with Crippen LogP contribution in [0.3, 0.4) is 0 Å². The van der Waals surface area contributed by atoms with Crippen LogP contribution in [0.1, 0.15) is 16.1 Å². The first-order valence-electron chi connectivity index (χ1n) is 8.57. The second kappa shape index (κ2) is 6.57.